The number of carbonyl (C=O) groups excluding carboxylic acids is 3. The highest BCUT2D eigenvalue weighted by atomic mass is 16.5. The summed E-state index contributed by atoms with van der Waals surface area (Å²) in [6.07, 6.45) is 3.30. The summed E-state index contributed by atoms with van der Waals surface area (Å²) in [6, 6.07) is 0. The molecule has 0 saturated heterocycles. The Bertz CT molecular complexity index is 453. The quantitative estimate of drug-likeness (QED) is 0.521. The van der Waals surface area contributed by atoms with Gasteiger partial charge in [-0.15, -0.1) is 0 Å². The van der Waals surface area contributed by atoms with Crippen LogP contribution in [0.15, 0.2) is 0 Å². The van der Waals surface area contributed by atoms with E-state index in [0.717, 1.165) is 0 Å². The maximum atomic E-state index is 12.0. The molecular formula is C22H43NO4. The Morgan fingerprint density at radius 1 is 0.963 bits per heavy atom. The Hall–Kier alpha value is -1.23. The molecule has 0 rings (SSSR count). The van der Waals surface area contributed by atoms with Crippen molar-refractivity contribution in [2.24, 2.45) is 5.92 Å². The van der Waals surface area contributed by atoms with Crippen LogP contribution >= 0.6 is 0 Å². The maximum absolute atomic E-state index is 12.0. The van der Waals surface area contributed by atoms with Gasteiger partial charge in [-0.1, -0.05) is 41.0 Å². The summed E-state index contributed by atoms with van der Waals surface area (Å²) >= 11 is 0. The van der Waals surface area contributed by atoms with E-state index in [4.69, 9.17) is 4.74 Å². The Morgan fingerprint density at radius 3 is 1.93 bits per heavy atom. The molecule has 1 amide bonds. The zero-order chi connectivity index (χ0) is 21.7. The predicted molar refractivity (Wildman–Crippen MR) is 112 cm³/mol. The molecule has 0 aromatic rings. The lowest BCUT2D eigenvalue weighted by Gasteiger charge is -2.30. The third-order valence-electron chi connectivity index (χ3n) is 3.96. The van der Waals surface area contributed by atoms with E-state index in [9.17, 15) is 14.4 Å². The monoisotopic (exact) mass is 385 g/mol. The number of ketones is 2. The van der Waals surface area contributed by atoms with Gasteiger partial charge in [0.1, 0.15) is 11.6 Å². The van der Waals surface area contributed by atoms with Crippen molar-refractivity contribution in [2.45, 2.75) is 112 Å². The lowest BCUT2D eigenvalue weighted by atomic mass is 9.98. The Labute approximate surface area is 167 Å². The van der Waals surface area contributed by atoms with E-state index in [2.05, 4.69) is 19.2 Å². The van der Waals surface area contributed by atoms with Crippen LogP contribution in [0.3, 0.4) is 0 Å². The zero-order valence-electron chi connectivity index (χ0n) is 19.2. The van der Waals surface area contributed by atoms with Crippen molar-refractivity contribution in [2.75, 3.05) is 6.61 Å². The number of Topliss-reactive ketones (excluding diaryl/α,β-unsaturated/α-hetero) is 2. The molecule has 0 spiro atoms. The summed E-state index contributed by atoms with van der Waals surface area (Å²) in [5, 5.41) is 2.95. The van der Waals surface area contributed by atoms with Crippen molar-refractivity contribution in [3.63, 3.8) is 0 Å². The second kappa shape index (κ2) is 13.9. The second-order valence-electron chi connectivity index (χ2n) is 8.69. The number of hydrogen-bond donors (Lipinski definition) is 1. The number of amides is 1. The number of rotatable bonds is 12. The van der Waals surface area contributed by atoms with Crippen LogP contribution in [-0.2, 0) is 19.1 Å². The first-order chi connectivity index (χ1) is 12.3. The van der Waals surface area contributed by atoms with Gasteiger partial charge in [-0.25, -0.2) is 0 Å². The van der Waals surface area contributed by atoms with E-state index in [-0.39, 0.29) is 36.2 Å². The number of nitrogens with one attached hydrogen (secondary N) is 1. The highest BCUT2D eigenvalue weighted by Gasteiger charge is 2.25. The first-order valence-electron chi connectivity index (χ1n) is 10.3. The molecule has 0 aromatic heterocycles. The minimum absolute atomic E-state index is 0.0349. The number of carbonyl (C=O) groups is 3. The van der Waals surface area contributed by atoms with Crippen molar-refractivity contribution < 1.29 is 19.1 Å². The van der Waals surface area contributed by atoms with Gasteiger partial charge in [-0.2, -0.15) is 0 Å². The molecule has 0 bridgehead atoms. The van der Waals surface area contributed by atoms with E-state index < -0.39 is 11.1 Å². The molecule has 27 heavy (non-hydrogen) atoms. The molecule has 0 saturated carbocycles. The molecule has 5 heteroatoms. The van der Waals surface area contributed by atoms with E-state index in [1.165, 1.54) is 6.42 Å². The molecule has 160 valence electrons. The highest BCUT2D eigenvalue weighted by molar-refractivity contribution is 5.86. The molecule has 0 unspecified atom stereocenters. The fraction of sp³-hybridized carbons (Fsp3) is 0.864. The predicted octanol–water partition coefficient (Wildman–Crippen LogP) is 4.86. The smallest absolute Gasteiger partial charge is 0.220 e. The SMILES string of the molecule is CCC.CCC(=O)CC(C)(C)OCCC(C)(C)NC(=O)CCC(=O)C(C)C. The minimum atomic E-state index is -0.489. The standard InChI is InChI=1S/C19H35NO4.C3H8/c1-8-15(21)13-19(6,7)24-12-11-18(4,5)20-17(23)10-9-16(22)14(2)3;1-3-2/h14H,8-13H2,1-7H3,(H,20,23);3H2,1-2H3. The van der Waals surface area contributed by atoms with Crippen LogP contribution in [0.1, 0.15) is 101 Å². The van der Waals surface area contributed by atoms with Crippen molar-refractivity contribution in [1.29, 1.82) is 0 Å². The van der Waals surface area contributed by atoms with Gasteiger partial charge >= 0.3 is 0 Å². The molecule has 5 nitrogen and oxygen atoms in total. The number of hydrogen-bond acceptors (Lipinski definition) is 4. The molecule has 0 aliphatic carbocycles. The van der Waals surface area contributed by atoms with Crippen LogP contribution in [0.4, 0.5) is 0 Å². The van der Waals surface area contributed by atoms with E-state index in [1.807, 2.05) is 48.5 Å². The number of ether oxygens (including phenoxy) is 1. The lowest BCUT2D eigenvalue weighted by molar-refractivity contribution is -0.128. The van der Waals surface area contributed by atoms with E-state index in [1.54, 1.807) is 0 Å². The Balaban J connectivity index is 0. The molecule has 0 fully saturated rings. The summed E-state index contributed by atoms with van der Waals surface area (Å²) < 4.78 is 5.82. The summed E-state index contributed by atoms with van der Waals surface area (Å²) in [5.41, 5.74) is -0.903. The average Bonchev–Trinajstić information content (AvgIpc) is 2.51. The second-order valence-corrected chi connectivity index (χ2v) is 8.69. The Morgan fingerprint density at radius 2 is 1.48 bits per heavy atom. The highest BCUT2D eigenvalue weighted by Crippen LogP contribution is 2.18. The molecule has 0 atom stereocenters. The summed E-state index contributed by atoms with van der Waals surface area (Å²) in [7, 11) is 0. The van der Waals surface area contributed by atoms with Gasteiger partial charge < -0.3 is 10.1 Å². The summed E-state index contributed by atoms with van der Waals surface area (Å²) in [5.74, 6) is 0.137. The largest absolute Gasteiger partial charge is 0.375 e. The van der Waals surface area contributed by atoms with Crippen LogP contribution in [0.5, 0.6) is 0 Å². The van der Waals surface area contributed by atoms with Gasteiger partial charge in [0.15, 0.2) is 0 Å². The maximum Gasteiger partial charge on any atom is 0.220 e. The molecule has 0 aliphatic heterocycles. The fourth-order valence-corrected chi connectivity index (χ4v) is 2.26. The van der Waals surface area contributed by atoms with Crippen molar-refractivity contribution in [3.8, 4) is 0 Å². The molecule has 0 radical (unpaired) electrons. The average molecular weight is 386 g/mol. The lowest BCUT2D eigenvalue weighted by Crippen LogP contribution is -2.45. The van der Waals surface area contributed by atoms with Crippen molar-refractivity contribution in [1.82, 2.24) is 5.32 Å². The van der Waals surface area contributed by atoms with E-state index in [0.29, 0.717) is 25.9 Å². The molecular weight excluding hydrogens is 342 g/mol. The van der Waals surface area contributed by atoms with Crippen molar-refractivity contribution in [3.05, 3.63) is 0 Å². The van der Waals surface area contributed by atoms with Gasteiger partial charge in [0.05, 0.1) is 5.60 Å². The molecule has 0 aromatic carbocycles. The molecule has 1 N–H and O–H groups in total. The first kappa shape index (κ1) is 28.0. The van der Waals surface area contributed by atoms with Crippen LogP contribution in [0.2, 0.25) is 0 Å². The third kappa shape index (κ3) is 16.7. The molecule has 0 aliphatic rings. The Kier molecular flexibility index (Phi) is 14.4. The van der Waals surface area contributed by atoms with Crippen molar-refractivity contribution >= 4 is 17.5 Å². The minimum Gasteiger partial charge on any atom is -0.375 e. The van der Waals surface area contributed by atoms with Crippen LogP contribution in [0, 0.1) is 5.92 Å². The van der Waals surface area contributed by atoms with Gasteiger partial charge in [0.25, 0.3) is 0 Å². The van der Waals surface area contributed by atoms with Crippen LogP contribution in [-0.4, -0.2) is 35.2 Å². The van der Waals surface area contributed by atoms with E-state index >= 15 is 0 Å². The van der Waals surface area contributed by atoms with Crippen LogP contribution in [0.25, 0.3) is 0 Å². The summed E-state index contributed by atoms with van der Waals surface area (Å²) in [4.78, 5) is 35.1. The molecule has 0 heterocycles. The third-order valence-corrected chi connectivity index (χ3v) is 3.96. The topological polar surface area (TPSA) is 72.5 Å². The summed E-state index contributed by atoms with van der Waals surface area (Å²) in [6.45, 7) is 17.9. The normalized spacial score (nSPS) is 11.6. The van der Waals surface area contributed by atoms with Gasteiger partial charge in [-0.3, -0.25) is 14.4 Å². The van der Waals surface area contributed by atoms with Crippen LogP contribution < -0.4 is 5.32 Å². The van der Waals surface area contributed by atoms with Gasteiger partial charge in [-0.05, 0) is 34.1 Å². The van der Waals surface area contributed by atoms with Gasteiger partial charge in [0, 0.05) is 43.7 Å². The first-order valence-corrected chi connectivity index (χ1v) is 10.3. The zero-order valence-corrected chi connectivity index (χ0v) is 19.2. The fourth-order valence-electron chi connectivity index (χ4n) is 2.26. The van der Waals surface area contributed by atoms with Gasteiger partial charge in [0.2, 0.25) is 5.91 Å².